The van der Waals surface area contributed by atoms with Crippen LogP contribution < -0.4 is 20.9 Å². The fourth-order valence-corrected chi connectivity index (χ4v) is 3.44. The molecule has 0 radical (unpaired) electrons. The standard InChI is InChI=1S/C18H23N5O2/c1-11-9-19-16(21-11)20-10-12-3-7-14(8-4-12)23-15(24)18(2,13-5-6-13)22-17(23)25/h3-4,7-8,11,13H,5-6,9-10H2,1-2H3,(H,22,25)(H2,19,20,21). The van der Waals surface area contributed by atoms with Crippen LogP contribution in [-0.2, 0) is 11.3 Å². The maximum absolute atomic E-state index is 12.7. The van der Waals surface area contributed by atoms with Gasteiger partial charge in [-0.2, -0.15) is 0 Å². The SMILES string of the molecule is CC1CN=C(NCc2ccc(N3C(=O)NC(C)(C4CC4)C3=O)cc2)N1. The van der Waals surface area contributed by atoms with Gasteiger partial charge in [-0.15, -0.1) is 0 Å². The first-order valence-corrected chi connectivity index (χ1v) is 8.78. The molecule has 2 heterocycles. The number of urea groups is 1. The Morgan fingerprint density at radius 1 is 1.28 bits per heavy atom. The molecule has 4 rings (SSSR count). The van der Waals surface area contributed by atoms with E-state index < -0.39 is 5.54 Å². The zero-order chi connectivity index (χ0) is 17.6. The largest absolute Gasteiger partial charge is 0.352 e. The summed E-state index contributed by atoms with van der Waals surface area (Å²) in [5.41, 5.74) is 0.922. The van der Waals surface area contributed by atoms with Crippen LogP contribution in [-0.4, -0.2) is 36.0 Å². The summed E-state index contributed by atoms with van der Waals surface area (Å²) in [5.74, 6) is 0.926. The van der Waals surface area contributed by atoms with Gasteiger partial charge in [-0.1, -0.05) is 12.1 Å². The molecule has 7 heteroatoms. The van der Waals surface area contributed by atoms with Crippen LogP contribution in [0.3, 0.4) is 0 Å². The summed E-state index contributed by atoms with van der Waals surface area (Å²) in [6.07, 6.45) is 2.00. The van der Waals surface area contributed by atoms with Crippen molar-refractivity contribution in [2.24, 2.45) is 10.9 Å². The van der Waals surface area contributed by atoms with Crippen molar-refractivity contribution in [2.75, 3.05) is 11.4 Å². The lowest BCUT2D eigenvalue weighted by Gasteiger charge is -2.21. The van der Waals surface area contributed by atoms with Crippen molar-refractivity contribution in [1.82, 2.24) is 16.0 Å². The first kappa shape index (κ1) is 15.9. The Kier molecular flexibility index (Phi) is 3.67. The molecule has 1 aliphatic carbocycles. The Morgan fingerprint density at radius 3 is 2.60 bits per heavy atom. The zero-order valence-electron chi connectivity index (χ0n) is 14.5. The summed E-state index contributed by atoms with van der Waals surface area (Å²) in [7, 11) is 0. The molecule has 0 bridgehead atoms. The molecule has 132 valence electrons. The average Bonchev–Trinajstić information content (AvgIpc) is 3.32. The van der Waals surface area contributed by atoms with E-state index in [1.165, 1.54) is 4.90 Å². The summed E-state index contributed by atoms with van der Waals surface area (Å²) in [6, 6.07) is 7.52. The van der Waals surface area contributed by atoms with Crippen LogP contribution in [0.4, 0.5) is 10.5 Å². The Hall–Kier alpha value is -2.57. The van der Waals surface area contributed by atoms with E-state index in [-0.39, 0.29) is 17.9 Å². The lowest BCUT2D eigenvalue weighted by atomic mass is 9.96. The van der Waals surface area contributed by atoms with Gasteiger partial charge in [0.25, 0.3) is 5.91 Å². The monoisotopic (exact) mass is 341 g/mol. The molecule has 0 spiro atoms. The van der Waals surface area contributed by atoms with Gasteiger partial charge >= 0.3 is 6.03 Å². The van der Waals surface area contributed by atoms with E-state index in [0.29, 0.717) is 18.3 Å². The number of aliphatic imine (C=N–C) groups is 1. The second-order valence-corrected chi connectivity index (χ2v) is 7.30. The van der Waals surface area contributed by atoms with Crippen molar-refractivity contribution >= 4 is 23.6 Å². The first-order valence-electron chi connectivity index (χ1n) is 8.78. The Labute approximate surface area is 146 Å². The van der Waals surface area contributed by atoms with Gasteiger partial charge in [0.2, 0.25) is 0 Å². The third-order valence-electron chi connectivity index (χ3n) is 5.17. The number of anilines is 1. The molecule has 2 unspecified atom stereocenters. The predicted octanol–water partition coefficient (Wildman–Crippen LogP) is 1.35. The molecule has 2 fully saturated rings. The summed E-state index contributed by atoms with van der Waals surface area (Å²) < 4.78 is 0. The van der Waals surface area contributed by atoms with E-state index in [4.69, 9.17) is 0 Å². The van der Waals surface area contributed by atoms with E-state index in [9.17, 15) is 9.59 Å². The number of carbonyl (C=O) groups excluding carboxylic acids is 2. The average molecular weight is 341 g/mol. The highest BCUT2D eigenvalue weighted by atomic mass is 16.2. The van der Waals surface area contributed by atoms with Crippen molar-refractivity contribution in [3.63, 3.8) is 0 Å². The summed E-state index contributed by atoms with van der Waals surface area (Å²) >= 11 is 0. The maximum Gasteiger partial charge on any atom is 0.329 e. The van der Waals surface area contributed by atoms with Crippen molar-refractivity contribution in [3.8, 4) is 0 Å². The molecular formula is C18H23N5O2. The van der Waals surface area contributed by atoms with Crippen LogP contribution in [0.25, 0.3) is 0 Å². The normalized spacial score (nSPS) is 28.6. The quantitative estimate of drug-likeness (QED) is 0.722. The Balaban J connectivity index is 1.43. The molecule has 1 saturated carbocycles. The van der Waals surface area contributed by atoms with Gasteiger partial charge in [-0.05, 0) is 50.3 Å². The molecule has 1 aromatic carbocycles. The van der Waals surface area contributed by atoms with Gasteiger partial charge in [0, 0.05) is 12.6 Å². The fraction of sp³-hybridized carbons (Fsp3) is 0.500. The molecule has 25 heavy (non-hydrogen) atoms. The Bertz CT molecular complexity index is 740. The van der Waals surface area contributed by atoms with Crippen molar-refractivity contribution in [2.45, 2.75) is 44.8 Å². The van der Waals surface area contributed by atoms with Gasteiger partial charge in [0.1, 0.15) is 5.54 Å². The van der Waals surface area contributed by atoms with Crippen molar-refractivity contribution < 1.29 is 9.59 Å². The van der Waals surface area contributed by atoms with Gasteiger partial charge in [-0.3, -0.25) is 9.79 Å². The minimum absolute atomic E-state index is 0.149. The van der Waals surface area contributed by atoms with Gasteiger partial charge in [-0.25, -0.2) is 9.69 Å². The third kappa shape index (κ3) is 2.83. The number of hydrogen-bond donors (Lipinski definition) is 3. The molecule has 3 N–H and O–H groups in total. The predicted molar refractivity (Wildman–Crippen MR) is 95.3 cm³/mol. The number of carbonyl (C=O) groups is 2. The molecule has 2 aliphatic heterocycles. The van der Waals surface area contributed by atoms with Crippen molar-refractivity contribution in [3.05, 3.63) is 29.8 Å². The van der Waals surface area contributed by atoms with E-state index in [1.54, 1.807) is 0 Å². The Morgan fingerprint density at radius 2 is 2.00 bits per heavy atom. The number of benzene rings is 1. The minimum atomic E-state index is -0.750. The topological polar surface area (TPSA) is 85.8 Å². The van der Waals surface area contributed by atoms with E-state index in [2.05, 4.69) is 27.9 Å². The van der Waals surface area contributed by atoms with Crippen LogP contribution in [0, 0.1) is 5.92 Å². The molecule has 3 aliphatic rings. The summed E-state index contributed by atoms with van der Waals surface area (Å²) in [6.45, 7) is 5.34. The molecule has 0 aromatic heterocycles. The molecule has 1 aromatic rings. The highest BCUT2D eigenvalue weighted by Crippen LogP contribution is 2.43. The van der Waals surface area contributed by atoms with Crippen LogP contribution in [0.1, 0.15) is 32.3 Å². The smallest absolute Gasteiger partial charge is 0.329 e. The third-order valence-corrected chi connectivity index (χ3v) is 5.17. The minimum Gasteiger partial charge on any atom is -0.352 e. The van der Waals surface area contributed by atoms with Gasteiger partial charge in [0.05, 0.1) is 12.2 Å². The van der Waals surface area contributed by atoms with E-state index >= 15 is 0 Å². The molecular weight excluding hydrogens is 318 g/mol. The lowest BCUT2D eigenvalue weighted by Crippen LogP contribution is -2.46. The number of hydrogen-bond acceptors (Lipinski definition) is 5. The van der Waals surface area contributed by atoms with Crippen LogP contribution >= 0.6 is 0 Å². The number of guanidine groups is 1. The lowest BCUT2D eigenvalue weighted by molar-refractivity contribution is -0.122. The van der Waals surface area contributed by atoms with Gasteiger partial charge in [0.15, 0.2) is 5.96 Å². The second-order valence-electron chi connectivity index (χ2n) is 7.30. The number of rotatable bonds is 4. The second kappa shape index (κ2) is 5.75. The summed E-state index contributed by atoms with van der Waals surface area (Å²) in [4.78, 5) is 30.7. The number of nitrogens with zero attached hydrogens (tertiary/aromatic N) is 2. The highest BCUT2D eigenvalue weighted by Gasteiger charge is 2.56. The van der Waals surface area contributed by atoms with E-state index in [1.807, 2.05) is 31.2 Å². The number of amides is 3. The number of imide groups is 1. The maximum atomic E-state index is 12.7. The molecule has 3 amide bonds. The van der Waals surface area contributed by atoms with Crippen molar-refractivity contribution in [1.29, 1.82) is 0 Å². The summed E-state index contributed by atoms with van der Waals surface area (Å²) in [5, 5.41) is 9.37. The zero-order valence-corrected chi connectivity index (χ0v) is 14.5. The highest BCUT2D eigenvalue weighted by molar-refractivity contribution is 6.23. The fourth-order valence-electron chi connectivity index (χ4n) is 3.44. The van der Waals surface area contributed by atoms with E-state index in [0.717, 1.165) is 30.9 Å². The first-order chi connectivity index (χ1) is 12.0. The molecule has 1 saturated heterocycles. The van der Waals surface area contributed by atoms with Crippen LogP contribution in [0.5, 0.6) is 0 Å². The molecule has 2 atom stereocenters. The molecule has 7 nitrogen and oxygen atoms in total. The van der Waals surface area contributed by atoms with Crippen LogP contribution in [0.15, 0.2) is 29.3 Å². The number of nitrogens with one attached hydrogen (secondary N) is 3. The van der Waals surface area contributed by atoms with Gasteiger partial charge < -0.3 is 16.0 Å². The van der Waals surface area contributed by atoms with Crippen LogP contribution in [0.2, 0.25) is 0 Å².